The van der Waals surface area contributed by atoms with Gasteiger partial charge in [-0.3, -0.25) is 20.4 Å². The molecule has 5 nitrogen and oxygen atoms in total. The molecular weight excluding hydrogens is 336 g/mol. The lowest BCUT2D eigenvalue weighted by Gasteiger charge is -2.08. The zero-order chi connectivity index (χ0) is 18.2. The average Bonchev–Trinajstić information content (AvgIpc) is 2.99. The summed E-state index contributed by atoms with van der Waals surface area (Å²) < 4.78 is 5.57. The van der Waals surface area contributed by atoms with Crippen molar-refractivity contribution in [1.29, 1.82) is 0 Å². The molecule has 2 aromatic rings. The molecule has 6 heteroatoms. The summed E-state index contributed by atoms with van der Waals surface area (Å²) in [7, 11) is 0. The second-order valence-corrected chi connectivity index (χ2v) is 6.97. The van der Waals surface area contributed by atoms with Crippen LogP contribution in [0.1, 0.15) is 45.4 Å². The van der Waals surface area contributed by atoms with Crippen LogP contribution in [0.3, 0.4) is 0 Å². The Morgan fingerprint density at radius 3 is 2.48 bits per heavy atom. The van der Waals surface area contributed by atoms with Gasteiger partial charge in [0.1, 0.15) is 5.75 Å². The van der Waals surface area contributed by atoms with Crippen molar-refractivity contribution in [3.63, 3.8) is 0 Å². The van der Waals surface area contributed by atoms with E-state index in [-0.39, 0.29) is 18.2 Å². The fourth-order valence-electron chi connectivity index (χ4n) is 2.29. The maximum Gasteiger partial charge on any atom is 0.279 e. The number of thiophene rings is 1. The van der Waals surface area contributed by atoms with Crippen molar-refractivity contribution in [2.75, 3.05) is 6.61 Å². The summed E-state index contributed by atoms with van der Waals surface area (Å²) in [6.07, 6.45) is 1.76. The van der Waals surface area contributed by atoms with E-state index in [0.717, 1.165) is 17.7 Å². The van der Waals surface area contributed by atoms with Crippen molar-refractivity contribution < 1.29 is 14.3 Å². The molecule has 0 saturated carbocycles. The van der Waals surface area contributed by atoms with E-state index in [2.05, 4.69) is 17.8 Å². The van der Waals surface area contributed by atoms with E-state index in [1.54, 1.807) is 0 Å². The number of carbonyl (C=O) groups is 2. The van der Waals surface area contributed by atoms with E-state index in [1.165, 1.54) is 21.8 Å². The molecule has 0 spiro atoms. The number of amides is 2. The molecule has 0 aliphatic rings. The molecule has 0 atom stereocenters. The summed E-state index contributed by atoms with van der Waals surface area (Å²) in [6.45, 7) is 6.51. The third-order valence-electron chi connectivity index (χ3n) is 3.72. The Labute approximate surface area is 152 Å². The van der Waals surface area contributed by atoms with Crippen LogP contribution >= 0.6 is 11.3 Å². The zero-order valence-electron chi connectivity index (χ0n) is 14.8. The maximum absolute atomic E-state index is 12.0. The van der Waals surface area contributed by atoms with Gasteiger partial charge in [-0.2, -0.15) is 0 Å². The number of hydrogen-bond acceptors (Lipinski definition) is 4. The first kappa shape index (κ1) is 19.0. The number of aryl methyl sites for hydroxylation is 3. The molecule has 2 rings (SSSR count). The van der Waals surface area contributed by atoms with Crippen LogP contribution in [-0.4, -0.2) is 18.4 Å². The van der Waals surface area contributed by atoms with E-state index in [9.17, 15) is 9.59 Å². The van der Waals surface area contributed by atoms with E-state index in [0.29, 0.717) is 17.9 Å². The normalized spacial score (nSPS) is 10.4. The van der Waals surface area contributed by atoms with Crippen LogP contribution in [0.2, 0.25) is 0 Å². The van der Waals surface area contributed by atoms with Crippen LogP contribution in [0.25, 0.3) is 0 Å². The van der Waals surface area contributed by atoms with E-state index < -0.39 is 0 Å². The van der Waals surface area contributed by atoms with Gasteiger partial charge in [0.25, 0.3) is 5.91 Å². The predicted octanol–water partition coefficient (Wildman–Crippen LogP) is 3.55. The summed E-state index contributed by atoms with van der Waals surface area (Å²) >= 11 is 1.46. The van der Waals surface area contributed by atoms with Crippen LogP contribution < -0.4 is 15.6 Å². The van der Waals surface area contributed by atoms with Gasteiger partial charge in [-0.05, 0) is 50.5 Å². The molecule has 0 aliphatic heterocycles. The maximum atomic E-state index is 12.0. The molecule has 0 radical (unpaired) electrons. The lowest BCUT2D eigenvalue weighted by molar-refractivity contribution is -0.122. The SMILES string of the molecule is CCc1sc(C(=O)NNC(=O)CCCOc2ccc(C)cc2)cc1C. The molecule has 1 heterocycles. The molecule has 1 aromatic heterocycles. The molecule has 0 bridgehead atoms. The fraction of sp³-hybridized carbons (Fsp3) is 0.368. The van der Waals surface area contributed by atoms with Crippen LogP contribution in [-0.2, 0) is 11.2 Å². The van der Waals surface area contributed by atoms with E-state index in [4.69, 9.17) is 4.74 Å². The summed E-state index contributed by atoms with van der Waals surface area (Å²) in [5, 5.41) is 0. The quantitative estimate of drug-likeness (QED) is 0.586. The van der Waals surface area contributed by atoms with Crippen molar-refractivity contribution in [2.45, 2.75) is 40.0 Å². The van der Waals surface area contributed by atoms with Crippen molar-refractivity contribution >= 4 is 23.2 Å². The summed E-state index contributed by atoms with van der Waals surface area (Å²) in [4.78, 5) is 25.6. The van der Waals surface area contributed by atoms with Gasteiger partial charge in [0.2, 0.25) is 5.91 Å². The van der Waals surface area contributed by atoms with Crippen LogP contribution in [0.4, 0.5) is 0 Å². The molecule has 25 heavy (non-hydrogen) atoms. The van der Waals surface area contributed by atoms with Crippen LogP contribution in [0.5, 0.6) is 5.75 Å². The molecule has 134 valence electrons. The average molecular weight is 360 g/mol. The van der Waals surface area contributed by atoms with Gasteiger partial charge in [-0.25, -0.2) is 0 Å². The number of ether oxygens (including phenoxy) is 1. The Bertz CT molecular complexity index is 723. The van der Waals surface area contributed by atoms with Gasteiger partial charge in [-0.15, -0.1) is 11.3 Å². The number of benzene rings is 1. The molecule has 0 aliphatic carbocycles. The number of carbonyl (C=O) groups excluding carboxylic acids is 2. The lowest BCUT2D eigenvalue weighted by atomic mass is 10.2. The molecule has 2 N–H and O–H groups in total. The van der Waals surface area contributed by atoms with Gasteiger partial charge in [-0.1, -0.05) is 24.6 Å². The van der Waals surface area contributed by atoms with Crippen LogP contribution in [0, 0.1) is 13.8 Å². The number of hydrogen-bond donors (Lipinski definition) is 2. The molecule has 2 amide bonds. The minimum absolute atomic E-state index is 0.232. The Morgan fingerprint density at radius 1 is 1.12 bits per heavy atom. The highest BCUT2D eigenvalue weighted by molar-refractivity contribution is 7.14. The molecule has 0 unspecified atom stereocenters. The Balaban J connectivity index is 1.66. The first-order valence-electron chi connectivity index (χ1n) is 8.37. The van der Waals surface area contributed by atoms with Crippen LogP contribution in [0.15, 0.2) is 30.3 Å². The second kappa shape index (κ2) is 9.22. The third kappa shape index (κ3) is 5.90. The molecule has 1 aromatic carbocycles. The highest BCUT2D eigenvalue weighted by atomic mass is 32.1. The number of nitrogens with one attached hydrogen (secondary N) is 2. The Morgan fingerprint density at radius 2 is 1.84 bits per heavy atom. The van der Waals surface area contributed by atoms with Gasteiger partial charge in [0, 0.05) is 11.3 Å². The third-order valence-corrected chi connectivity index (χ3v) is 5.10. The zero-order valence-corrected chi connectivity index (χ0v) is 15.7. The number of rotatable bonds is 7. The standard InChI is InChI=1S/C19H24N2O3S/c1-4-16-14(3)12-17(25-16)19(23)21-20-18(22)6-5-11-24-15-9-7-13(2)8-10-15/h7-10,12H,4-6,11H2,1-3H3,(H,20,22)(H,21,23). The van der Waals surface area contributed by atoms with Gasteiger partial charge < -0.3 is 4.74 Å². The minimum Gasteiger partial charge on any atom is -0.494 e. The monoisotopic (exact) mass is 360 g/mol. The largest absolute Gasteiger partial charge is 0.494 e. The minimum atomic E-state index is -0.281. The van der Waals surface area contributed by atoms with Crippen molar-refractivity contribution in [2.24, 2.45) is 0 Å². The smallest absolute Gasteiger partial charge is 0.279 e. The molecule has 0 saturated heterocycles. The second-order valence-electron chi connectivity index (χ2n) is 5.84. The fourth-order valence-corrected chi connectivity index (χ4v) is 3.30. The lowest BCUT2D eigenvalue weighted by Crippen LogP contribution is -2.41. The van der Waals surface area contributed by atoms with Crippen molar-refractivity contribution in [3.8, 4) is 5.75 Å². The number of hydrazine groups is 1. The Kier molecular flexibility index (Phi) is 7.01. The van der Waals surface area contributed by atoms with Crippen molar-refractivity contribution in [1.82, 2.24) is 10.9 Å². The highest BCUT2D eigenvalue weighted by Crippen LogP contribution is 2.22. The summed E-state index contributed by atoms with van der Waals surface area (Å²) in [5.74, 6) is 0.279. The summed E-state index contributed by atoms with van der Waals surface area (Å²) in [5.41, 5.74) is 7.19. The summed E-state index contributed by atoms with van der Waals surface area (Å²) in [6, 6.07) is 9.62. The molecule has 0 fully saturated rings. The predicted molar refractivity (Wildman–Crippen MR) is 100.0 cm³/mol. The van der Waals surface area contributed by atoms with E-state index >= 15 is 0 Å². The van der Waals surface area contributed by atoms with Gasteiger partial charge in [0.05, 0.1) is 11.5 Å². The first-order chi connectivity index (χ1) is 12.0. The van der Waals surface area contributed by atoms with Gasteiger partial charge >= 0.3 is 0 Å². The topological polar surface area (TPSA) is 67.4 Å². The van der Waals surface area contributed by atoms with Crippen molar-refractivity contribution in [3.05, 3.63) is 51.2 Å². The van der Waals surface area contributed by atoms with Gasteiger partial charge in [0.15, 0.2) is 0 Å². The van der Waals surface area contributed by atoms with E-state index in [1.807, 2.05) is 44.2 Å². The first-order valence-corrected chi connectivity index (χ1v) is 9.19. The highest BCUT2D eigenvalue weighted by Gasteiger charge is 2.12. The molecular formula is C19H24N2O3S. The Hall–Kier alpha value is -2.34.